The summed E-state index contributed by atoms with van der Waals surface area (Å²) >= 11 is 5.94. The molecule has 0 spiro atoms. The molecule has 0 radical (unpaired) electrons. The van der Waals surface area contributed by atoms with Crippen molar-refractivity contribution in [1.82, 2.24) is 10.3 Å². The Hall–Kier alpha value is -1.03. The number of halogens is 1. The maximum Gasteiger partial charge on any atom is 0.0512 e. The Bertz CT molecular complexity index is 507. The minimum absolute atomic E-state index is 0.206. The van der Waals surface area contributed by atoms with E-state index in [2.05, 4.69) is 10.3 Å². The Labute approximate surface area is 112 Å². The summed E-state index contributed by atoms with van der Waals surface area (Å²) in [5, 5.41) is 14.5. The number of aliphatic hydroxyl groups is 1. The maximum atomic E-state index is 9.16. The lowest BCUT2D eigenvalue weighted by Crippen LogP contribution is -2.16. The van der Waals surface area contributed by atoms with Crippen LogP contribution in [0.4, 0.5) is 0 Å². The molecule has 2 aromatic rings. The molecule has 18 heavy (non-hydrogen) atoms. The number of fused-ring (bicyclic) bond motifs is 1. The highest BCUT2D eigenvalue weighted by Gasteiger charge is 2.03. The van der Waals surface area contributed by atoms with Crippen LogP contribution in [0, 0.1) is 0 Å². The molecule has 1 atom stereocenters. The van der Waals surface area contributed by atoms with Crippen molar-refractivity contribution in [3.63, 3.8) is 0 Å². The Morgan fingerprint density at radius 2 is 2.28 bits per heavy atom. The highest BCUT2D eigenvalue weighted by molar-refractivity contribution is 6.31. The van der Waals surface area contributed by atoms with Gasteiger partial charge < -0.3 is 15.4 Å². The maximum absolute atomic E-state index is 9.16. The van der Waals surface area contributed by atoms with Gasteiger partial charge in [0.25, 0.3) is 0 Å². The number of hydrogen-bond donors (Lipinski definition) is 3. The van der Waals surface area contributed by atoms with E-state index in [9.17, 15) is 0 Å². The monoisotopic (exact) mass is 266 g/mol. The largest absolute Gasteiger partial charge is 0.393 e. The van der Waals surface area contributed by atoms with E-state index in [0.29, 0.717) is 0 Å². The van der Waals surface area contributed by atoms with Gasteiger partial charge >= 0.3 is 0 Å². The second kappa shape index (κ2) is 6.23. The summed E-state index contributed by atoms with van der Waals surface area (Å²) in [7, 11) is 0. The Morgan fingerprint density at radius 1 is 1.44 bits per heavy atom. The van der Waals surface area contributed by atoms with E-state index < -0.39 is 0 Å². The van der Waals surface area contributed by atoms with Gasteiger partial charge in [-0.25, -0.2) is 0 Å². The fraction of sp³-hybridized carbons (Fsp3) is 0.429. The molecule has 2 rings (SSSR count). The van der Waals surface area contributed by atoms with Gasteiger partial charge in [0.2, 0.25) is 0 Å². The third kappa shape index (κ3) is 3.48. The highest BCUT2D eigenvalue weighted by atomic mass is 35.5. The van der Waals surface area contributed by atoms with Gasteiger partial charge in [-0.3, -0.25) is 0 Å². The molecule has 0 bridgehead atoms. The molecular weight excluding hydrogens is 248 g/mol. The molecule has 1 aromatic heterocycles. The number of H-pyrrole nitrogens is 1. The summed E-state index contributed by atoms with van der Waals surface area (Å²) < 4.78 is 0. The first-order chi connectivity index (χ1) is 8.66. The fourth-order valence-electron chi connectivity index (χ4n) is 2.05. The number of nitrogens with one attached hydrogen (secondary N) is 2. The molecule has 0 saturated heterocycles. The third-order valence-corrected chi connectivity index (χ3v) is 3.26. The van der Waals surface area contributed by atoms with Gasteiger partial charge in [-0.2, -0.15) is 0 Å². The first-order valence-electron chi connectivity index (χ1n) is 6.31. The number of benzene rings is 1. The van der Waals surface area contributed by atoms with Gasteiger partial charge in [-0.1, -0.05) is 17.7 Å². The van der Waals surface area contributed by atoms with Crippen molar-refractivity contribution >= 4 is 22.5 Å². The SMILES string of the molecule is CC(O)CCCNCc1c[nH]c2cc(Cl)ccc12. The molecule has 1 unspecified atom stereocenters. The summed E-state index contributed by atoms with van der Waals surface area (Å²) in [5.74, 6) is 0. The zero-order chi connectivity index (χ0) is 13.0. The number of rotatable bonds is 6. The van der Waals surface area contributed by atoms with Gasteiger partial charge in [-0.15, -0.1) is 0 Å². The number of aromatic amines is 1. The van der Waals surface area contributed by atoms with Gasteiger partial charge in [0.15, 0.2) is 0 Å². The lowest BCUT2D eigenvalue weighted by Gasteiger charge is -2.05. The molecule has 4 heteroatoms. The first-order valence-corrected chi connectivity index (χ1v) is 6.69. The summed E-state index contributed by atoms with van der Waals surface area (Å²) in [6.45, 7) is 3.58. The smallest absolute Gasteiger partial charge is 0.0512 e. The van der Waals surface area contributed by atoms with E-state index in [1.54, 1.807) is 0 Å². The van der Waals surface area contributed by atoms with Crippen LogP contribution in [0.25, 0.3) is 10.9 Å². The number of aliphatic hydroxyl groups excluding tert-OH is 1. The second-order valence-electron chi connectivity index (χ2n) is 4.67. The Morgan fingerprint density at radius 3 is 3.06 bits per heavy atom. The molecule has 0 aliphatic rings. The minimum atomic E-state index is -0.206. The summed E-state index contributed by atoms with van der Waals surface area (Å²) in [4.78, 5) is 3.22. The van der Waals surface area contributed by atoms with Crippen molar-refractivity contribution in [1.29, 1.82) is 0 Å². The zero-order valence-corrected chi connectivity index (χ0v) is 11.3. The quantitative estimate of drug-likeness (QED) is 0.704. The molecule has 0 amide bonds. The van der Waals surface area contributed by atoms with Gasteiger partial charge in [-0.05, 0) is 44.0 Å². The second-order valence-corrected chi connectivity index (χ2v) is 5.11. The van der Waals surface area contributed by atoms with Crippen molar-refractivity contribution in [3.8, 4) is 0 Å². The fourth-order valence-corrected chi connectivity index (χ4v) is 2.22. The topological polar surface area (TPSA) is 48.0 Å². The predicted molar refractivity (Wildman–Crippen MR) is 75.9 cm³/mol. The summed E-state index contributed by atoms with van der Waals surface area (Å²) in [6, 6.07) is 5.89. The van der Waals surface area contributed by atoms with Crippen molar-refractivity contribution in [3.05, 3.63) is 35.0 Å². The predicted octanol–water partition coefficient (Wildman–Crippen LogP) is 3.07. The zero-order valence-electron chi connectivity index (χ0n) is 10.5. The molecule has 98 valence electrons. The minimum Gasteiger partial charge on any atom is -0.393 e. The van der Waals surface area contributed by atoms with Gasteiger partial charge in [0.1, 0.15) is 0 Å². The average Bonchev–Trinajstić information content (AvgIpc) is 2.70. The molecular formula is C14H19ClN2O. The standard InChI is InChI=1S/C14H19ClN2O/c1-10(18)3-2-6-16-8-11-9-17-14-7-12(15)4-5-13(11)14/h4-5,7,9-10,16-18H,2-3,6,8H2,1H3. The average molecular weight is 267 g/mol. The van der Waals surface area contributed by atoms with Gasteiger partial charge in [0, 0.05) is 28.7 Å². The summed E-state index contributed by atoms with van der Waals surface area (Å²) in [6.07, 6.45) is 3.65. The number of hydrogen-bond acceptors (Lipinski definition) is 2. The lowest BCUT2D eigenvalue weighted by atomic mass is 10.1. The lowest BCUT2D eigenvalue weighted by molar-refractivity contribution is 0.181. The van der Waals surface area contributed by atoms with Crippen LogP contribution in [0.3, 0.4) is 0 Å². The van der Waals surface area contributed by atoms with Crippen molar-refractivity contribution in [2.24, 2.45) is 0 Å². The normalized spacial score (nSPS) is 13.1. The molecule has 3 nitrogen and oxygen atoms in total. The molecule has 1 heterocycles. The molecule has 0 aliphatic carbocycles. The van der Waals surface area contributed by atoms with Crippen LogP contribution >= 0.6 is 11.6 Å². The first kappa shape index (κ1) is 13.4. The van der Waals surface area contributed by atoms with Crippen LogP contribution in [0.15, 0.2) is 24.4 Å². The van der Waals surface area contributed by atoms with E-state index in [1.165, 1.54) is 10.9 Å². The van der Waals surface area contributed by atoms with E-state index in [4.69, 9.17) is 16.7 Å². The number of aromatic nitrogens is 1. The highest BCUT2D eigenvalue weighted by Crippen LogP contribution is 2.21. The molecule has 0 saturated carbocycles. The van der Waals surface area contributed by atoms with Crippen LogP contribution in [0.5, 0.6) is 0 Å². The van der Waals surface area contributed by atoms with E-state index in [0.717, 1.165) is 36.5 Å². The van der Waals surface area contributed by atoms with Crippen LogP contribution in [0.1, 0.15) is 25.3 Å². The van der Waals surface area contributed by atoms with Crippen LogP contribution < -0.4 is 5.32 Å². The molecule has 0 fully saturated rings. The van der Waals surface area contributed by atoms with Gasteiger partial charge in [0.05, 0.1) is 6.10 Å². The van der Waals surface area contributed by atoms with Crippen molar-refractivity contribution in [2.45, 2.75) is 32.4 Å². The van der Waals surface area contributed by atoms with E-state index in [-0.39, 0.29) is 6.10 Å². The van der Waals surface area contributed by atoms with Crippen molar-refractivity contribution < 1.29 is 5.11 Å². The Balaban J connectivity index is 1.88. The molecule has 3 N–H and O–H groups in total. The molecule has 0 aliphatic heterocycles. The van der Waals surface area contributed by atoms with Crippen LogP contribution in [-0.4, -0.2) is 22.7 Å². The van der Waals surface area contributed by atoms with E-state index in [1.807, 2.05) is 31.3 Å². The Kier molecular flexibility index (Phi) is 4.64. The van der Waals surface area contributed by atoms with Crippen LogP contribution in [0.2, 0.25) is 5.02 Å². The van der Waals surface area contributed by atoms with Crippen LogP contribution in [-0.2, 0) is 6.54 Å². The summed E-state index contributed by atoms with van der Waals surface area (Å²) in [5.41, 5.74) is 2.32. The molecule has 1 aromatic carbocycles. The third-order valence-electron chi connectivity index (χ3n) is 3.02. The van der Waals surface area contributed by atoms with Crippen molar-refractivity contribution in [2.75, 3.05) is 6.54 Å². The van der Waals surface area contributed by atoms with E-state index >= 15 is 0 Å².